The molecule has 5 nitrogen and oxygen atoms in total. The number of sulfonamides is 1. The third-order valence-electron chi connectivity index (χ3n) is 4.61. The summed E-state index contributed by atoms with van der Waals surface area (Å²) < 4.78 is 40.3. The first kappa shape index (κ1) is 19.0. The van der Waals surface area contributed by atoms with Gasteiger partial charge in [0, 0.05) is 23.9 Å². The van der Waals surface area contributed by atoms with Crippen molar-refractivity contribution in [3.05, 3.63) is 52.5 Å². The van der Waals surface area contributed by atoms with Gasteiger partial charge in [0.25, 0.3) is 0 Å². The van der Waals surface area contributed by atoms with Crippen molar-refractivity contribution in [2.45, 2.75) is 30.7 Å². The van der Waals surface area contributed by atoms with E-state index in [4.69, 9.17) is 0 Å². The summed E-state index contributed by atoms with van der Waals surface area (Å²) in [5.41, 5.74) is 0. The van der Waals surface area contributed by atoms with E-state index in [1.807, 2.05) is 24.4 Å². The van der Waals surface area contributed by atoms with Crippen LogP contribution < -0.4 is 5.32 Å². The Balaban J connectivity index is 1.60. The summed E-state index contributed by atoms with van der Waals surface area (Å²) >= 11 is 1.58. The summed E-state index contributed by atoms with van der Waals surface area (Å²) in [6.45, 7) is 2.35. The van der Waals surface area contributed by atoms with Gasteiger partial charge in [-0.05, 0) is 43.3 Å². The summed E-state index contributed by atoms with van der Waals surface area (Å²) in [6, 6.07) is 9.21. The van der Waals surface area contributed by atoms with Crippen molar-refractivity contribution >= 4 is 27.3 Å². The van der Waals surface area contributed by atoms with Gasteiger partial charge in [0.15, 0.2) is 0 Å². The Hall–Kier alpha value is -1.77. The quantitative estimate of drug-likeness (QED) is 0.844. The van der Waals surface area contributed by atoms with Crippen molar-refractivity contribution in [2.24, 2.45) is 5.92 Å². The molecule has 0 unspecified atom stereocenters. The number of rotatable bonds is 5. The molecule has 1 atom stereocenters. The van der Waals surface area contributed by atoms with Crippen molar-refractivity contribution in [1.82, 2.24) is 9.62 Å². The lowest BCUT2D eigenvalue weighted by Crippen LogP contribution is -2.43. The zero-order valence-electron chi connectivity index (χ0n) is 14.4. The highest BCUT2D eigenvalue weighted by Gasteiger charge is 2.33. The maximum absolute atomic E-state index is 13.9. The predicted molar refractivity (Wildman–Crippen MR) is 98.8 cm³/mol. The Labute approximate surface area is 156 Å². The number of carbonyl (C=O) groups excluding carboxylic acids is 1. The molecular weight excluding hydrogens is 375 g/mol. The molecule has 2 heterocycles. The van der Waals surface area contributed by atoms with E-state index in [0.29, 0.717) is 12.8 Å². The zero-order valence-corrected chi connectivity index (χ0v) is 16.0. The molecule has 26 heavy (non-hydrogen) atoms. The molecule has 0 radical (unpaired) electrons. The number of nitrogens with zero attached hydrogens (tertiary/aromatic N) is 1. The van der Waals surface area contributed by atoms with E-state index in [9.17, 15) is 17.6 Å². The molecule has 1 aliphatic rings. The molecule has 0 aliphatic carbocycles. The van der Waals surface area contributed by atoms with Gasteiger partial charge < -0.3 is 5.32 Å². The Morgan fingerprint density at radius 2 is 1.92 bits per heavy atom. The number of amides is 1. The van der Waals surface area contributed by atoms with Crippen LogP contribution in [0, 0.1) is 11.7 Å². The molecule has 0 bridgehead atoms. The second-order valence-electron chi connectivity index (χ2n) is 6.35. The first-order valence-corrected chi connectivity index (χ1v) is 10.8. The van der Waals surface area contributed by atoms with Gasteiger partial charge in [-0.3, -0.25) is 4.79 Å². The number of benzene rings is 1. The Morgan fingerprint density at radius 3 is 2.54 bits per heavy atom. The number of carbonyl (C=O) groups is 1. The number of nitrogens with one attached hydrogen (secondary N) is 1. The third kappa shape index (κ3) is 3.97. The number of thiophene rings is 1. The maximum Gasteiger partial charge on any atom is 0.245 e. The van der Waals surface area contributed by atoms with Crippen molar-refractivity contribution in [1.29, 1.82) is 0 Å². The first-order valence-electron chi connectivity index (χ1n) is 8.48. The smallest absolute Gasteiger partial charge is 0.245 e. The van der Waals surface area contributed by atoms with Crippen LogP contribution in [0.25, 0.3) is 0 Å². The van der Waals surface area contributed by atoms with Crippen LogP contribution >= 0.6 is 11.3 Å². The highest BCUT2D eigenvalue weighted by molar-refractivity contribution is 7.89. The summed E-state index contributed by atoms with van der Waals surface area (Å²) in [7, 11) is -3.87. The van der Waals surface area contributed by atoms with Crippen molar-refractivity contribution in [2.75, 3.05) is 13.1 Å². The van der Waals surface area contributed by atoms with E-state index in [1.54, 1.807) is 11.3 Å². The molecule has 1 N–H and O–H groups in total. The minimum Gasteiger partial charge on any atom is -0.349 e. The van der Waals surface area contributed by atoms with Crippen molar-refractivity contribution in [3.8, 4) is 0 Å². The second-order valence-corrected chi connectivity index (χ2v) is 9.24. The highest BCUT2D eigenvalue weighted by Crippen LogP contribution is 2.26. The van der Waals surface area contributed by atoms with E-state index in [2.05, 4.69) is 5.32 Å². The molecule has 1 saturated heterocycles. The fraction of sp³-hybridized carbons (Fsp3) is 0.389. The highest BCUT2D eigenvalue weighted by atomic mass is 32.2. The van der Waals surface area contributed by atoms with Crippen LogP contribution in [0.1, 0.15) is 30.7 Å². The topological polar surface area (TPSA) is 66.5 Å². The molecule has 140 valence electrons. The molecule has 1 fully saturated rings. The van der Waals surface area contributed by atoms with Crippen LogP contribution in [0.5, 0.6) is 0 Å². The minimum atomic E-state index is -3.87. The maximum atomic E-state index is 13.9. The summed E-state index contributed by atoms with van der Waals surface area (Å²) in [5, 5.41) is 4.95. The SMILES string of the molecule is C[C@@H](NC(=O)C1CCN(S(=O)(=O)c2ccccc2F)CC1)c1cccs1. The average Bonchev–Trinajstić information content (AvgIpc) is 3.17. The van der Waals surface area contributed by atoms with Gasteiger partial charge in [-0.2, -0.15) is 4.31 Å². The predicted octanol–water partition coefficient (Wildman–Crippen LogP) is 3.17. The van der Waals surface area contributed by atoms with Crippen LogP contribution in [-0.4, -0.2) is 31.7 Å². The zero-order chi connectivity index (χ0) is 18.7. The molecule has 2 aromatic rings. The third-order valence-corrected chi connectivity index (χ3v) is 7.59. The van der Waals surface area contributed by atoms with Crippen LogP contribution in [0.3, 0.4) is 0 Å². The number of piperidine rings is 1. The van der Waals surface area contributed by atoms with Crippen LogP contribution in [0.15, 0.2) is 46.7 Å². The van der Waals surface area contributed by atoms with Crippen LogP contribution in [-0.2, 0) is 14.8 Å². The van der Waals surface area contributed by atoms with E-state index >= 15 is 0 Å². The molecule has 3 rings (SSSR count). The number of hydrogen-bond acceptors (Lipinski definition) is 4. The monoisotopic (exact) mass is 396 g/mol. The second kappa shape index (κ2) is 7.85. The van der Waals surface area contributed by atoms with E-state index in [1.165, 1.54) is 22.5 Å². The van der Waals surface area contributed by atoms with E-state index in [-0.39, 0.29) is 35.9 Å². The lowest BCUT2D eigenvalue weighted by atomic mass is 9.97. The molecule has 8 heteroatoms. The lowest BCUT2D eigenvalue weighted by Gasteiger charge is -2.31. The van der Waals surface area contributed by atoms with Gasteiger partial charge in [0.2, 0.25) is 15.9 Å². The number of halogens is 1. The Kier molecular flexibility index (Phi) is 5.74. The largest absolute Gasteiger partial charge is 0.349 e. The van der Waals surface area contributed by atoms with E-state index in [0.717, 1.165) is 10.9 Å². The molecule has 1 aliphatic heterocycles. The van der Waals surface area contributed by atoms with Crippen LogP contribution in [0.2, 0.25) is 0 Å². The van der Waals surface area contributed by atoms with Gasteiger partial charge in [0.1, 0.15) is 10.7 Å². The normalized spacial score (nSPS) is 17.8. The summed E-state index contributed by atoms with van der Waals surface area (Å²) in [6.07, 6.45) is 0.855. The molecule has 1 aromatic heterocycles. The summed E-state index contributed by atoms with van der Waals surface area (Å²) in [5.74, 6) is -1.05. The number of hydrogen-bond donors (Lipinski definition) is 1. The molecule has 0 saturated carbocycles. The van der Waals surface area contributed by atoms with Crippen LogP contribution in [0.4, 0.5) is 4.39 Å². The first-order chi connectivity index (χ1) is 12.4. The Morgan fingerprint density at radius 1 is 1.23 bits per heavy atom. The van der Waals surface area contributed by atoms with Gasteiger partial charge in [-0.25, -0.2) is 12.8 Å². The lowest BCUT2D eigenvalue weighted by molar-refractivity contribution is -0.126. The molecule has 1 amide bonds. The fourth-order valence-corrected chi connectivity index (χ4v) is 5.36. The Bertz CT molecular complexity index is 860. The van der Waals surface area contributed by atoms with Gasteiger partial charge in [0.05, 0.1) is 6.04 Å². The van der Waals surface area contributed by atoms with Crippen molar-refractivity contribution < 1.29 is 17.6 Å². The average molecular weight is 397 g/mol. The molecular formula is C18H21FN2O3S2. The summed E-state index contributed by atoms with van der Waals surface area (Å²) in [4.78, 5) is 13.2. The van der Waals surface area contributed by atoms with Gasteiger partial charge in [-0.1, -0.05) is 18.2 Å². The van der Waals surface area contributed by atoms with Gasteiger partial charge >= 0.3 is 0 Å². The standard InChI is InChI=1S/C18H21FN2O3S2/c1-13(16-6-4-12-25-16)20-18(22)14-8-10-21(11-9-14)26(23,24)17-7-3-2-5-15(17)19/h2-7,12-14H,8-11H2,1H3,(H,20,22)/t13-/m1/s1. The van der Waals surface area contributed by atoms with E-state index < -0.39 is 15.8 Å². The van der Waals surface area contributed by atoms with Gasteiger partial charge in [-0.15, -0.1) is 11.3 Å². The fourth-order valence-electron chi connectivity index (χ4n) is 3.09. The molecule has 1 aromatic carbocycles. The van der Waals surface area contributed by atoms with Crippen molar-refractivity contribution in [3.63, 3.8) is 0 Å². The minimum absolute atomic E-state index is 0.0613. The molecule has 0 spiro atoms.